The lowest BCUT2D eigenvalue weighted by atomic mass is 10.1. The molecule has 0 bridgehead atoms. The lowest BCUT2D eigenvalue weighted by Gasteiger charge is -2.06. The smallest absolute Gasteiger partial charge is 0.164 e. The van der Waals surface area contributed by atoms with E-state index in [9.17, 15) is 0 Å². The van der Waals surface area contributed by atoms with Gasteiger partial charge in [-0.15, -0.1) is 10.2 Å². The summed E-state index contributed by atoms with van der Waals surface area (Å²) in [5.74, 6) is 1.01. The highest BCUT2D eigenvalue weighted by Gasteiger charge is 2.26. The van der Waals surface area contributed by atoms with Gasteiger partial charge < -0.3 is 4.57 Å². The molecule has 1 heterocycles. The lowest BCUT2D eigenvalue weighted by molar-refractivity contribution is 0.746. The maximum atomic E-state index is 4.23. The quantitative estimate of drug-likeness (QED) is 0.768. The van der Waals surface area contributed by atoms with E-state index in [1.165, 1.54) is 29.5 Å². The normalized spacial score (nSPS) is 15.4. The molecule has 0 atom stereocenters. The number of nitrogens with zero attached hydrogens (tertiary/aromatic N) is 3. The summed E-state index contributed by atoms with van der Waals surface area (Å²) < 4.78 is 2.20. The number of rotatable bonds is 2. The van der Waals surface area contributed by atoms with Crippen molar-refractivity contribution >= 4 is 0 Å². The van der Waals surface area contributed by atoms with E-state index in [0.29, 0.717) is 6.04 Å². The van der Waals surface area contributed by atoms with Crippen LogP contribution in [0.4, 0.5) is 0 Å². The van der Waals surface area contributed by atoms with Crippen LogP contribution >= 0.6 is 0 Å². The van der Waals surface area contributed by atoms with Crippen molar-refractivity contribution in [1.29, 1.82) is 0 Å². The van der Waals surface area contributed by atoms with Crippen LogP contribution in [0.5, 0.6) is 0 Å². The van der Waals surface area contributed by atoms with E-state index in [0.717, 1.165) is 5.82 Å². The third-order valence-electron chi connectivity index (χ3n) is 3.28. The standard InChI is InChI=1S/C13H15N3/c1-9-3-4-11(7-10(9)2)13-15-14-8-16(13)12-5-6-12/h3-4,7-8,12H,5-6H2,1-2H3. The van der Waals surface area contributed by atoms with Gasteiger partial charge in [0.15, 0.2) is 5.82 Å². The Morgan fingerprint density at radius 2 is 2.00 bits per heavy atom. The van der Waals surface area contributed by atoms with Crippen LogP contribution in [-0.2, 0) is 0 Å². The maximum absolute atomic E-state index is 4.23. The first-order valence-electron chi connectivity index (χ1n) is 5.73. The van der Waals surface area contributed by atoms with Gasteiger partial charge >= 0.3 is 0 Å². The second kappa shape index (κ2) is 3.44. The highest BCUT2D eigenvalue weighted by Crippen LogP contribution is 2.37. The predicted octanol–water partition coefficient (Wildman–Crippen LogP) is 2.90. The molecule has 1 aliphatic rings. The summed E-state index contributed by atoms with van der Waals surface area (Å²) in [6.07, 6.45) is 4.37. The van der Waals surface area contributed by atoms with Gasteiger partial charge in [0.2, 0.25) is 0 Å². The molecular weight excluding hydrogens is 198 g/mol. The first kappa shape index (κ1) is 9.58. The molecule has 0 radical (unpaired) electrons. The first-order valence-corrected chi connectivity index (χ1v) is 5.73. The molecule has 1 saturated carbocycles. The number of hydrogen-bond donors (Lipinski definition) is 0. The molecule has 3 nitrogen and oxygen atoms in total. The lowest BCUT2D eigenvalue weighted by Crippen LogP contribution is -1.96. The molecule has 0 N–H and O–H groups in total. The molecule has 2 aromatic rings. The third kappa shape index (κ3) is 1.52. The van der Waals surface area contributed by atoms with Crippen molar-refractivity contribution in [2.75, 3.05) is 0 Å². The summed E-state index contributed by atoms with van der Waals surface area (Å²) in [4.78, 5) is 0. The molecule has 1 aliphatic carbocycles. The second-order valence-electron chi connectivity index (χ2n) is 4.59. The third-order valence-corrected chi connectivity index (χ3v) is 3.28. The molecule has 0 spiro atoms. The SMILES string of the molecule is Cc1ccc(-c2nncn2C2CC2)cc1C. The Balaban J connectivity index is 2.07. The Morgan fingerprint density at radius 1 is 1.19 bits per heavy atom. The Kier molecular flexibility index (Phi) is 2.06. The van der Waals surface area contributed by atoms with Gasteiger partial charge in [0.05, 0.1) is 0 Å². The summed E-state index contributed by atoms with van der Waals surface area (Å²) in [6.45, 7) is 4.27. The van der Waals surface area contributed by atoms with Crippen LogP contribution < -0.4 is 0 Å². The highest BCUT2D eigenvalue weighted by atomic mass is 15.3. The largest absolute Gasteiger partial charge is 0.310 e. The van der Waals surface area contributed by atoms with Gasteiger partial charge in [-0.3, -0.25) is 0 Å². The Bertz CT molecular complexity index is 524. The maximum Gasteiger partial charge on any atom is 0.164 e. The van der Waals surface area contributed by atoms with Gasteiger partial charge in [-0.05, 0) is 43.9 Å². The number of benzene rings is 1. The fourth-order valence-electron chi connectivity index (χ4n) is 1.95. The molecule has 1 aromatic heterocycles. The molecule has 0 aliphatic heterocycles. The van der Waals surface area contributed by atoms with Crippen LogP contribution in [0.15, 0.2) is 24.5 Å². The number of aryl methyl sites for hydroxylation is 2. The van der Waals surface area contributed by atoms with Crippen molar-refractivity contribution in [1.82, 2.24) is 14.8 Å². The Labute approximate surface area is 95.1 Å². The van der Waals surface area contributed by atoms with Crippen molar-refractivity contribution < 1.29 is 0 Å². The fourth-order valence-corrected chi connectivity index (χ4v) is 1.95. The van der Waals surface area contributed by atoms with E-state index >= 15 is 0 Å². The average molecular weight is 213 g/mol. The monoisotopic (exact) mass is 213 g/mol. The van der Waals surface area contributed by atoms with Crippen LogP contribution in [0, 0.1) is 13.8 Å². The van der Waals surface area contributed by atoms with Crippen LogP contribution in [-0.4, -0.2) is 14.8 Å². The first-order chi connectivity index (χ1) is 7.75. The van der Waals surface area contributed by atoms with E-state index in [4.69, 9.17) is 0 Å². The van der Waals surface area contributed by atoms with E-state index in [-0.39, 0.29) is 0 Å². The van der Waals surface area contributed by atoms with Crippen LogP contribution in [0.1, 0.15) is 30.0 Å². The molecule has 1 aromatic carbocycles. The minimum absolute atomic E-state index is 0.631. The highest BCUT2D eigenvalue weighted by molar-refractivity contribution is 5.57. The zero-order chi connectivity index (χ0) is 11.1. The van der Waals surface area contributed by atoms with Gasteiger partial charge in [0, 0.05) is 11.6 Å². The average Bonchev–Trinajstić information content (AvgIpc) is 3.01. The van der Waals surface area contributed by atoms with Gasteiger partial charge in [-0.25, -0.2) is 0 Å². The van der Waals surface area contributed by atoms with Crippen molar-refractivity contribution in [2.24, 2.45) is 0 Å². The number of hydrogen-bond acceptors (Lipinski definition) is 2. The number of aromatic nitrogens is 3. The molecule has 3 heteroatoms. The molecule has 3 rings (SSSR count). The molecule has 0 amide bonds. The summed E-state index contributed by atoms with van der Waals surface area (Å²) in [7, 11) is 0. The Hall–Kier alpha value is -1.64. The topological polar surface area (TPSA) is 30.7 Å². The zero-order valence-electron chi connectivity index (χ0n) is 9.64. The van der Waals surface area contributed by atoms with Gasteiger partial charge in [0.25, 0.3) is 0 Å². The van der Waals surface area contributed by atoms with Crippen molar-refractivity contribution in [3.8, 4) is 11.4 Å². The molecule has 16 heavy (non-hydrogen) atoms. The molecule has 0 unspecified atom stereocenters. The summed E-state index contributed by atoms with van der Waals surface area (Å²) in [5, 5.41) is 8.26. The van der Waals surface area contributed by atoms with Crippen LogP contribution in [0.3, 0.4) is 0 Å². The fraction of sp³-hybridized carbons (Fsp3) is 0.385. The molecule has 1 fully saturated rings. The predicted molar refractivity (Wildman–Crippen MR) is 63.2 cm³/mol. The van der Waals surface area contributed by atoms with E-state index in [1.807, 2.05) is 6.33 Å². The Morgan fingerprint density at radius 3 is 2.69 bits per heavy atom. The minimum atomic E-state index is 0.631. The van der Waals surface area contributed by atoms with Crippen molar-refractivity contribution in [3.63, 3.8) is 0 Å². The molecular formula is C13H15N3. The van der Waals surface area contributed by atoms with Gasteiger partial charge in [-0.1, -0.05) is 12.1 Å². The minimum Gasteiger partial charge on any atom is -0.310 e. The van der Waals surface area contributed by atoms with Crippen molar-refractivity contribution in [3.05, 3.63) is 35.7 Å². The van der Waals surface area contributed by atoms with E-state index in [2.05, 4.69) is 46.8 Å². The van der Waals surface area contributed by atoms with Crippen molar-refractivity contribution in [2.45, 2.75) is 32.7 Å². The van der Waals surface area contributed by atoms with E-state index < -0.39 is 0 Å². The van der Waals surface area contributed by atoms with E-state index in [1.54, 1.807) is 0 Å². The summed E-state index contributed by atoms with van der Waals surface area (Å²) in [5.41, 5.74) is 3.80. The molecule has 0 saturated heterocycles. The van der Waals surface area contributed by atoms with Crippen LogP contribution in [0.25, 0.3) is 11.4 Å². The second-order valence-corrected chi connectivity index (χ2v) is 4.59. The van der Waals surface area contributed by atoms with Crippen LogP contribution in [0.2, 0.25) is 0 Å². The summed E-state index contributed by atoms with van der Waals surface area (Å²) in [6, 6.07) is 7.10. The molecule has 82 valence electrons. The zero-order valence-corrected chi connectivity index (χ0v) is 9.64. The summed E-state index contributed by atoms with van der Waals surface area (Å²) >= 11 is 0. The van der Waals surface area contributed by atoms with Gasteiger partial charge in [0.1, 0.15) is 6.33 Å². The van der Waals surface area contributed by atoms with Gasteiger partial charge in [-0.2, -0.15) is 0 Å².